The average molecular weight is 258 g/mol. The molecule has 0 spiro atoms. The third-order valence-corrected chi connectivity index (χ3v) is 4.27. The van der Waals surface area contributed by atoms with Crippen LogP contribution in [0.15, 0.2) is 28.2 Å². The Bertz CT molecular complexity index is 551. The molecular weight excluding hydrogens is 244 g/mol. The molecule has 1 fully saturated rings. The molecule has 1 aromatic rings. The van der Waals surface area contributed by atoms with Crippen molar-refractivity contribution in [2.24, 2.45) is 0 Å². The molecule has 17 heavy (non-hydrogen) atoms. The first-order valence-electron chi connectivity index (χ1n) is 5.32. The van der Waals surface area contributed by atoms with Gasteiger partial charge in [-0.2, -0.15) is 0 Å². The number of ether oxygens (including phenoxy) is 1. The van der Waals surface area contributed by atoms with E-state index in [2.05, 4.69) is 9.71 Å². The number of pyridine rings is 1. The fourth-order valence-electron chi connectivity index (χ4n) is 1.76. The topological polar surface area (TPSA) is 88.3 Å². The van der Waals surface area contributed by atoms with E-state index in [1.165, 1.54) is 18.5 Å². The molecule has 94 valence electrons. The predicted octanol–water partition coefficient (Wildman–Crippen LogP) is -0.169. The Hall–Kier alpha value is -1.18. The molecule has 0 aromatic carbocycles. The summed E-state index contributed by atoms with van der Waals surface area (Å²) in [5.74, 6) is 0. The van der Waals surface area contributed by atoms with Crippen molar-refractivity contribution in [3.05, 3.63) is 28.7 Å². The highest BCUT2D eigenvalue weighted by Gasteiger charge is 2.30. The van der Waals surface area contributed by atoms with Crippen LogP contribution in [0.5, 0.6) is 0 Å². The van der Waals surface area contributed by atoms with E-state index >= 15 is 0 Å². The van der Waals surface area contributed by atoms with Gasteiger partial charge in [-0.05, 0) is 13.3 Å². The summed E-state index contributed by atoms with van der Waals surface area (Å²) in [6.45, 7) is 2.33. The Labute approximate surface area is 99.1 Å². The first-order chi connectivity index (χ1) is 8.00. The van der Waals surface area contributed by atoms with Crippen molar-refractivity contribution in [1.29, 1.82) is 0 Å². The monoisotopic (exact) mass is 258 g/mol. The highest BCUT2D eigenvalue weighted by atomic mass is 32.2. The first-order valence-corrected chi connectivity index (χ1v) is 6.80. The average Bonchev–Trinajstić information content (AvgIpc) is 2.64. The van der Waals surface area contributed by atoms with Gasteiger partial charge in [-0.1, -0.05) is 0 Å². The van der Waals surface area contributed by atoms with Gasteiger partial charge >= 0.3 is 0 Å². The van der Waals surface area contributed by atoms with Crippen molar-refractivity contribution < 1.29 is 13.2 Å². The smallest absolute Gasteiger partial charge is 0.246 e. The van der Waals surface area contributed by atoms with Crippen molar-refractivity contribution in [1.82, 2.24) is 9.71 Å². The third-order valence-electron chi connectivity index (χ3n) is 2.76. The van der Waals surface area contributed by atoms with E-state index in [4.69, 9.17) is 4.74 Å². The molecule has 1 aromatic heterocycles. The standard InChI is InChI=1S/C10H14N2O4S/c1-7-8(3-5-16-7)12-17(14,15)10-6-11-4-2-9(10)13/h2,4,6-8,12H,3,5H2,1H3,(H,11,13). The van der Waals surface area contributed by atoms with Crippen LogP contribution >= 0.6 is 0 Å². The van der Waals surface area contributed by atoms with Crippen LogP contribution in [0.1, 0.15) is 13.3 Å². The summed E-state index contributed by atoms with van der Waals surface area (Å²) < 4.78 is 31.7. The molecule has 1 aliphatic rings. The number of H-pyrrole nitrogens is 1. The van der Waals surface area contributed by atoms with Crippen molar-refractivity contribution in [2.45, 2.75) is 30.4 Å². The summed E-state index contributed by atoms with van der Waals surface area (Å²) in [6, 6.07) is 0.906. The molecule has 1 saturated heterocycles. The fourth-order valence-corrected chi connectivity index (χ4v) is 3.15. The number of aromatic nitrogens is 1. The number of aromatic amines is 1. The summed E-state index contributed by atoms with van der Waals surface area (Å²) in [4.78, 5) is 13.8. The highest BCUT2D eigenvalue weighted by Crippen LogP contribution is 2.15. The summed E-state index contributed by atoms with van der Waals surface area (Å²) >= 11 is 0. The second-order valence-electron chi connectivity index (χ2n) is 3.97. The lowest BCUT2D eigenvalue weighted by atomic mass is 10.2. The van der Waals surface area contributed by atoms with E-state index < -0.39 is 15.5 Å². The summed E-state index contributed by atoms with van der Waals surface area (Å²) in [5.41, 5.74) is -0.525. The molecule has 2 rings (SSSR count). The van der Waals surface area contributed by atoms with Gasteiger partial charge in [-0.3, -0.25) is 4.79 Å². The molecule has 0 bridgehead atoms. The molecule has 2 atom stereocenters. The number of rotatable bonds is 3. The molecular formula is C10H14N2O4S. The molecule has 6 nitrogen and oxygen atoms in total. The number of nitrogens with one attached hydrogen (secondary N) is 2. The Morgan fingerprint density at radius 2 is 2.29 bits per heavy atom. The SMILES string of the molecule is CC1OCCC1NS(=O)(=O)c1c[nH]ccc1=O. The summed E-state index contributed by atoms with van der Waals surface area (Å²) in [6.07, 6.45) is 3.02. The minimum atomic E-state index is -3.78. The van der Waals surface area contributed by atoms with Gasteiger partial charge in [0.15, 0.2) is 0 Å². The van der Waals surface area contributed by atoms with E-state index in [9.17, 15) is 13.2 Å². The summed E-state index contributed by atoms with van der Waals surface area (Å²) in [7, 11) is -3.78. The largest absolute Gasteiger partial charge is 0.377 e. The van der Waals surface area contributed by atoms with E-state index in [0.29, 0.717) is 13.0 Å². The molecule has 2 heterocycles. The number of hydrogen-bond acceptors (Lipinski definition) is 4. The lowest BCUT2D eigenvalue weighted by Crippen LogP contribution is -2.40. The van der Waals surface area contributed by atoms with Crippen LogP contribution in [0.2, 0.25) is 0 Å². The van der Waals surface area contributed by atoms with Crippen LogP contribution in [0.3, 0.4) is 0 Å². The second kappa shape index (κ2) is 4.59. The Morgan fingerprint density at radius 3 is 2.88 bits per heavy atom. The Morgan fingerprint density at radius 1 is 1.53 bits per heavy atom. The Kier molecular flexibility index (Phi) is 3.32. The van der Waals surface area contributed by atoms with Crippen molar-refractivity contribution >= 4 is 10.0 Å². The van der Waals surface area contributed by atoms with Gasteiger partial charge in [-0.25, -0.2) is 13.1 Å². The summed E-state index contributed by atoms with van der Waals surface area (Å²) in [5, 5.41) is 0. The minimum absolute atomic E-state index is 0.174. The van der Waals surface area contributed by atoms with E-state index in [-0.39, 0.29) is 17.0 Å². The van der Waals surface area contributed by atoms with Gasteiger partial charge in [0.05, 0.1) is 12.1 Å². The Balaban J connectivity index is 2.26. The second-order valence-corrected chi connectivity index (χ2v) is 5.65. The zero-order valence-corrected chi connectivity index (χ0v) is 10.2. The fraction of sp³-hybridized carbons (Fsp3) is 0.500. The third kappa shape index (κ3) is 2.56. The van der Waals surface area contributed by atoms with E-state index in [1.807, 2.05) is 0 Å². The van der Waals surface area contributed by atoms with Crippen molar-refractivity contribution in [2.75, 3.05) is 6.61 Å². The molecule has 0 aliphatic carbocycles. The van der Waals surface area contributed by atoms with Crippen molar-refractivity contribution in [3.63, 3.8) is 0 Å². The van der Waals surface area contributed by atoms with E-state index in [1.54, 1.807) is 6.92 Å². The lowest BCUT2D eigenvalue weighted by molar-refractivity contribution is 0.117. The maximum Gasteiger partial charge on any atom is 0.246 e. The maximum absolute atomic E-state index is 12.0. The quantitative estimate of drug-likeness (QED) is 0.788. The van der Waals surface area contributed by atoms with Crippen LogP contribution < -0.4 is 10.2 Å². The highest BCUT2D eigenvalue weighted by molar-refractivity contribution is 7.89. The van der Waals surface area contributed by atoms with Crippen molar-refractivity contribution in [3.8, 4) is 0 Å². The molecule has 0 radical (unpaired) electrons. The molecule has 0 saturated carbocycles. The van der Waals surface area contributed by atoms with Crippen LogP contribution in [0.4, 0.5) is 0 Å². The molecule has 7 heteroatoms. The predicted molar refractivity (Wildman–Crippen MR) is 61.2 cm³/mol. The van der Waals surface area contributed by atoms with Gasteiger partial charge in [0.1, 0.15) is 4.90 Å². The molecule has 0 amide bonds. The van der Waals surface area contributed by atoms with Gasteiger partial charge in [-0.15, -0.1) is 0 Å². The zero-order chi connectivity index (χ0) is 12.5. The van der Waals surface area contributed by atoms with Gasteiger partial charge < -0.3 is 9.72 Å². The van der Waals surface area contributed by atoms with Crippen LogP contribution in [0.25, 0.3) is 0 Å². The van der Waals surface area contributed by atoms with Gasteiger partial charge in [0, 0.05) is 25.1 Å². The van der Waals surface area contributed by atoms with Gasteiger partial charge in [0.2, 0.25) is 15.5 Å². The lowest BCUT2D eigenvalue weighted by Gasteiger charge is -2.15. The molecule has 1 aliphatic heterocycles. The van der Waals surface area contributed by atoms with Crippen LogP contribution in [0, 0.1) is 0 Å². The number of hydrogen-bond donors (Lipinski definition) is 2. The van der Waals surface area contributed by atoms with Gasteiger partial charge in [0.25, 0.3) is 0 Å². The normalized spacial score (nSPS) is 25.0. The van der Waals surface area contributed by atoms with E-state index in [0.717, 1.165) is 0 Å². The molecule has 2 N–H and O–H groups in total. The zero-order valence-electron chi connectivity index (χ0n) is 9.34. The first kappa shape index (κ1) is 12.3. The maximum atomic E-state index is 12.0. The number of sulfonamides is 1. The van der Waals surface area contributed by atoms with Crippen LogP contribution in [-0.4, -0.2) is 32.2 Å². The molecule has 2 unspecified atom stereocenters. The van der Waals surface area contributed by atoms with Crippen LogP contribution in [-0.2, 0) is 14.8 Å². The minimum Gasteiger partial charge on any atom is -0.377 e.